The van der Waals surface area contributed by atoms with Crippen LogP contribution in [0, 0.1) is 23.7 Å². The van der Waals surface area contributed by atoms with E-state index < -0.39 is 0 Å². The molecular formula is C26H38N2O. The number of carbonyl (C=O) groups is 1. The second-order valence-corrected chi connectivity index (χ2v) is 10.9. The lowest BCUT2D eigenvalue weighted by Gasteiger charge is -2.42. The molecule has 1 spiro atoms. The smallest absolute Gasteiger partial charge is 0.225 e. The van der Waals surface area contributed by atoms with Gasteiger partial charge in [0.25, 0.3) is 0 Å². The van der Waals surface area contributed by atoms with Crippen molar-refractivity contribution in [1.82, 2.24) is 9.80 Å². The van der Waals surface area contributed by atoms with Gasteiger partial charge >= 0.3 is 0 Å². The van der Waals surface area contributed by atoms with Crippen molar-refractivity contribution >= 4 is 5.91 Å². The molecule has 3 heteroatoms. The molecule has 1 saturated heterocycles. The Morgan fingerprint density at radius 2 is 1.93 bits per heavy atom. The zero-order valence-electron chi connectivity index (χ0n) is 18.6. The van der Waals surface area contributed by atoms with Gasteiger partial charge < -0.3 is 9.80 Å². The molecule has 2 bridgehead atoms. The van der Waals surface area contributed by atoms with Crippen LogP contribution in [0.25, 0.3) is 0 Å². The molecule has 2 saturated carbocycles. The minimum absolute atomic E-state index is 0.0623. The van der Waals surface area contributed by atoms with Gasteiger partial charge in [0.1, 0.15) is 0 Å². The van der Waals surface area contributed by atoms with Crippen LogP contribution in [-0.2, 0) is 10.2 Å². The molecule has 0 radical (unpaired) electrons. The molecule has 1 aromatic rings. The van der Waals surface area contributed by atoms with E-state index >= 15 is 0 Å². The van der Waals surface area contributed by atoms with Gasteiger partial charge in [-0.1, -0.05) is 44.5 Å². The van der Waals surface area contributed by atoms with Crippen molar-refractivity contribution in [3.05, 3.63) is 35.4 Å². The zero-order chi connectivity index (χ0) is 20.2. The molecule has 5 rings (SSSR count). The van der Waals surface area contributed by atoms with Crippen LogP contribution in [0.2, 0.25) is 0 Å². The summed E-state index contributed by atoms with van der Waals surface area (Å²) in [5.41, 5.74) is 3.22. The first-order chi connectivity index (χ1) is 14.0. The molecule has 0 aromatic heterocycles. The summed E-state index contributed by atoms with van der Waals surface area (Å²) in [5.74, 6) is 3.39. The average Bonchev–Trinajstić information content (AvgIpc) is 3.43. The highest BCUT2D eigenvalue weighted by molar-refractivity contribution is 5.78. The fraction of sp³-hybridized carbons (Fsp3) is 0.731. The summed E-state index contributed by atoms with van der Waals surface area (Å²) < 4.78 is 0. The van der Waals surface area contributed by atoms with E-state index in [2.05, 4.69) is 29.2 Å². The maximum atomic E-state index is 12.7. The Morgan fingerprint density at radius 1 is 1.17 bits per heavy atom. The summed E-state index contributed by atoms with van der Waals surface area (Å²) >= 11 is 0. The highest BCUT2D eigenvalue weighted by atomic mass is 16.2. The van der Waals surface area contributed by atoms with Gasteiger partial charge in [0, 0.05) is 24.9 Å². The van der Waals surface area contributed by atoms with Gasteiger partial charge in [-0.15, -0.1) is 0 Å². The van der Waals surface area contributed by atoms with Crippen molar-refractivity contribution in [2.45, 2.75) is 70.3 Å². The second kappa shape index (κ2) is 7.41. The van der Waals surface area contributed by atoms with Crippen molar-refractivity contribution in [1.29, 1.82) is 0 Å². The highest BCUT2D eigenvalue weighted by Crippen LogP contribution is 2.53. The quantitative estimate of drug-likeness (QED) is 0.716. The van der Waals surface area contributed by atoms with Gasteiger partial charge in [0.2, 0.25) is 5.91 Å². The Morgan fingerprint density at radius 3 is 2.59 bits per heavy atom. The predicted octanol–water partition coefficient (Wildman–Crippen LogP) is 5.02. The molecule has 3 nitrogen and oxygen atoms in total. The number of likely N-dealkylation sites (tertiary alicyclic amines) is 1. The lowest BCUT2D eigenvalue weighted by Crippen LogP contribution is -2.44. The van der Waals surface area contributed by atoms with Crippen LogP contribution >= 0.6 is 0 Å². The molecule has 1 amide bonds. The molecule has 4 aliphatic rings. The Kier molecular flexibility index (Phi) is 5.01. The summed E-state index contributed by atoms with van der Waals surface area (Å²) in [6, 6.07) is 9.24. The monoisotopic (exact) mass is 394 g/mol. The summed E-state index contributed by atoms with van der Waals surface area (Å²) in [7, 11) is 2.02. The number of benzene rings is 1. The Hall–Kier alpha value is -1.35. The number of amides is 1. The number of hydrogen-bond donors (Lipinski definition) is 0. The first-order valence-electron chi connectivity index (χ1n) is 12.1. The lowest BCUT2D eigenvalue weighted by atomic mass is 9.73. The van der Waals surface area contributed by atoms with E-state index in [9.17, 15) is 4.79 Å². The van der Waals surface area contributed by atoms with Crippen molar-refractivity contribution in [3.63, 3.8) is 0 Å². The molecule has 0 unspecified atom stereocenters. The number of nitrogens with zero attached hydrogens (tertiary/aromatic N) is 2. The SMILES string of the molecule is CC(C)C(=O)N(C)[C@H]1CC2(CCN(C[C@H]3C[C@H]4CC[C@H]3C4)CC2)c2ccccc21. The topological polar surface area (TPSA) is 23.6 Å². The Bertz CT molecular complexity index is 764. The number of carbonyl (C=O) groups excluding carboxylic acids is 1. The molecule has 1 aliphatic heterocycles. The molecule has 0 N–H and O–H groups in total. The van der Waals surface area contributed by atoms with Gasteiger partial charge in [-0.25, -0.2) is 0 Å². The maximum Gasteiger partial charge on any atom is 0.225 e. The van der Waals surface area contributed by atoms with Gasteiger partial charge in [-0.2, -0.15) is 0 Å². The van der Waals surface area contributed by atoms with Crippen molar-refractivity contribution < 1.29 is 4.79 Å². The molecular weight excluding hydrogens is 356 g/mol. The van der Waals surface area contributed by atoms with Crippen LogP contribution < -0.4 is 0 Å². The van der Waals surface area contributed by atoms with Crippen LogP contribution in [0.3, 0.4) is 0 Å². The van der Waals surface area contributed by atoms with Crippen molar-refractivity contribution in [2.75, 3.05) is 26.7 Å². The standard InChI is InChI=1S/C26H38N2O/c1-18(2)25(29)27(3)24-16-26(23-7-5-4-6-22(23)24)10-12-28(13-11-26)17-21-15-19-8-9-20(21)14-19/h4-7,18-21,24H,8-17H2,1-3H3/t19-,20-,21+,24-/m0/s1. The van der Waals surface area contributed by atoms with E-state index in [1.54, 1.807) is 0 Å². The van der Waals surface area contributed by atoms with E-state index in [1.807, 2.05) is 25.8 Å². The molecule has 1 aromatic carbocycles. The van der Waals surface area contributed by atoms with E-state index in [0.29, 0.717) is 0 Å². The predicted molar refractivity (Wildman–Crippen MR) is 118 cm³/mol. The Labute approximate surface area is 176 Å². The summed E-state index contributed by atoms with van der Waals surface area (Å²) in [6.45, 7) is 7.84. The van der Waals surface area contributed by atoms with Crippen LogP contribution in [0.15, 0.2) is 24.3 Å². The average molecular weight is 395 g/mol. The van der Waals surface area contributed by atoms with Gasteiger partial charge in [-0.05, 0) is 80.5 Å². The van der Waals surface area contributed by atoms with Gasteiger partial charge in [-0.3, -0.25) is 4.79 Å². The van der Waals surface area contributed by atoms with E-state index in [-0.39, 0.29) is 23.3 Å². The van der Waals surface area contributed by atoms with Crippen molar-refractivity contribution in [2.24, 2.45) is 23.7 Å². The highest BCUT2D eigenvalue weighted by Gasteiger charge is 2.48. The largest absolute Gasteiger partial charge is 0.338 e. The fourth-order valence-electron chi connectivity index (χ4n) is 7.34. The maximum absolute atomic E-state index is 12.7. The van der Waals surface area contributed by atoms with Gasteiger partial charge in [0.05, 0.1) is 6.04 Å². The summed E-state index contributed by atoms with van der Waals surface area (Å²) in [4.78, 5) is 17.6. The third kappa shape index (κ3) is 3.34. The number of hydrogen-bond acceptors (Lipinski definition) is 2. The number of fused-ring (bicyclic) bond motifs is 4. The van der Waals surface area contributed by atoms with E-state index in [0.717, 1.165) is 24.2 Å². The van der Waals surface area contributed by atoms with Gasteiger partial charge in [0.15, 0.2) is 0 Å². The van der Waals surface area contributed by atoms with Crippen LogP contribution in [0.4, 0.5) is 0 Å². The van der Waals surface area contributed by atoms with Crippen LogP contribution in [0.5, 0.6) is 0 Å². The molecule has 1 heterocycles. The first-order valence-corrected chi connectivity index (χ1v) is 12.1. The zero-order valence-corrected chi connectivity index (χ0v) is 18.6. The second-order valence-electron chi connectivity index (χ2n) is 10.9. The molecule has 3 aliphatic carbocycles. The summed E-state index contributed by atoms with van der Waals surface area (Å²) in [6.07, 6.45) is 9.65. The summed E-state index contributed by atoms with van der Waals surface area (Å²) in [5, 5.41) is 0. The third-order valence-corrected chi connectivity index (χ3v) is 8.97. The fourth-order valence-corrected chi connectivity index (χ4v) is 7.34. The number of piperidine rings is 1. The Balaban J connectivity index is 1.29. The third-order valence-electron chi connectivity index (χ3n) is 8.97. The minimum Gasteiger partial charge on any atom is -0.338 e. The minimum atomic E-state index is 0.0623. The lowest BCUT2D eigenvalue weighted by molar-refractivity contribution is -0.135. The molecule has 4 atom stereocenters. The van der Waals surface area contributed by atoms with Crippen molar-refractivity contribution in [3.8, 4) is 0 Å². The number of rotatable bonds is 4. The van der Waals surface area contributed by atoms with Crippen LogP contribution in [0.1, 0.15) is 76.0 Å². The van der Waals surface area contributed by atoms with Crippen LogP contribution in [-0.4, -0.2) is 42.4 Å². The normalized spacial score (nSPS) is 32.8. The molecule has 3 fully saturated rings. The molecule has 29 heavy (non-hydrogen) atoms. The van der Waals surface area contributed by atoms with E-state index in [4.69, 9.17) is 0 Å². The molecule has 158 valence electrons. The first kappa shape index (κ1) is 19.6. The van der Waals surface area contributed by atoms with E-state index in [1.165, 1.54) is 69.3 Å².